The molecule has 2 aromatic rings. The molecule has 0 aliphatic heterocycles. The van der Waals surface area contributed by atoms with Crippen LogP contribution in [0.1, 0.15) is 38.9 Å². The van der Waals surface area contributed by atoms with Crippen molar-refractivity contribution in [2.24, 2.45) is 11.1 Å². The Morgan fingerprint density at radius 3 is 2.62 bits per heavy atom. The predicted octanol–water partition coefficient (Wildman–Crippen LogP) is 3.16. The fourth-order valence-electron chi connectivity index (χ4n) is 2.84. The number of nitrogens with zero attached hydrogens (tertiary/aromatic N) is 2. The van der Waals surface area contributed by atoms with Crippen molar-refractivity contribution in [2.45, 2.75) is 39.7 Å². The van der Waals surface area contributed by atoms with Gasteiger partial charge in [0, 0.05) is 26.1 Å². The standard InChI is InChI=1S/C17H27N3O/c1-17(2,3)11-13(12-18)16-19-14-7-5-6-8-15(14)20(16)9-10-21-4/h5-8,13H,9-12,18H2,1-4H3. The van der Waals surface area contributed by atoms with E-state index in [0.29, 0.717) is 13.2 Å². The van der Waals surface area contributed by atoms with Gasteiger partial charge in [-0.3, -0.25) is 0 Å². The van der Waals surface area contributed by atoms with E-state index in [1.807, 2.05) is 6.07 Å². The number of fused-ring (bicyclic) bond motifs is 1. The Kier molecular flexibility index (Phi) is 5.01. The van der Waals surface area contributed by atoms with Crippen molar-refractivity contribution in [1.29, 1.82) is 0 Å². The third-order valence-corrected chi connectivity index (χ3v) is 3.71. The minimum absolute atomic E-state index is 0.230. The number of methoxy groups -OCH3 is 1. The zero-order valence-corrected chi connectivity index (χ0v) is 13.6. The number of imidazole rings is 1. The summed E-state index contributed by atoms with van der Waals surface area (Å²) in [6.07, 6.45) is 1.03. The van der Waals surface area contributed by atoms with Crippen LogP contribution in [0.25, 0.3) is 11.0 Å². The van der Waals surface area contributed by atoms with Gasteiger partial charge in [-0.2, -0.15) is 0 Å². The van der Waals surface area contributed by atoms with E-state index < -0.39 is 0 Å². The molecule has 4 heteroatoms. The fraction of sp³-hybridized carbons (Fsp3) is 0.588. The molecule has 2 N–H and O–H groups in total. The van der Waals surface area contributed by atoms with E-state index in [1.165, 1.54) is 0 Å². The van der Waals surface area contributed by atoms with E-state index in [4.69, 9.17) is 15.5 Å². The van der Waals surface area contributed by atoms with E-state index in [-0.39, 0.29) is 11.3 Å². The van der Waals surface area contributed by atoms with Crippen molar-refractivity contribution in [3.8, 4) is 0 Å². The molecule has 0 aliphatic carbocycles. The normalized spacial score (nSPS) is 13.8. The maximum absolute atomic E-state index is 6.05. The summed E-state index contributed by atoms with van der Waals surface area (Å²) >= 11 is 0. The van der Waals surface area contributed by atoms with Crippen LogP contribution in [-0.2, 0) is 11.3 Å². The van der Waals surface area contributed by atoms with Crippen LogP contribution < -0.4 is 5.73 Å². The molecule has 1 unspecified atom stereocenters. The summed E-state index contributed by atoms with van der Waals surface area (Å²) in [6, 6.07) is 8.26. The maximum atomic E-state index is 6.05. The van der Waals surface area contributed by atoms with Crippen molar-refractivity contribution in [2.75, 3.05) is 20.3 Å². The van der Waals surface area contributed by atoms with Crippen LogP contribution in [0.3, 0.4) is 0 Å². The second-order valence-electron chi connectivity index (χ2n) is 6.80. The van der Waals surface area contributed by atoms with E-state index >= 15 is 0 Å². The number of rotatable bonds is 6. The van der Waals surface area contributed by atoms with Crippen molar-refractivity contribution < 1.29 is 4.74 Å². The van der Waals surface area contributed by atoms with Gasteiger partial charge in [-0.25, -0.2) is 4.98 Å². The van der Waals surface area contributed by atoms with Gasteiger partial charge >= 0.3 is 0 Å². The number of hydrogen-bond acceptors (Lipinski definition) is 3. The molecule has 0 amide bonds. The maximum Gasteiger partial charge on any atom is 0.114 e. The molecule has 1 atom stereocenters. The zero-order valence-electron chi connectivity index (χ0n) is 13.6. The third-order valence-electron chi connectivity index (χ3n) is 3.71. The lowest BCUT2D eigenvalue weighted by molar-refractivity contribution is 0.186. The molecule has 21 heavy (non-hydrogen) atoms. The van der Waals surface area contributed by atoms with Gasteiger partial charge in [0.15, 0.2) is 0 Å². The van der Waals surface area contributed by atoms with Crippen LogP contribution in [0.15, 0.2) is 24.3 Å². The summed E-state index contributed by atoms with van der Waals surface area (Å²) in [6.45, 7) is 8.86. The van der Waals surface area contributed by atoms with Crippen LogP contribution in [0.4, 0.5) is 0 Å². The highest BCUT2D eigenvalue weighted by atomic mass is 16.5. The molecule has 0 aliphatic rings. The first-order valence-corrected chi connectivity index (χ1v) is 7.60. The number of ether oxygens (including phenoxy) is 1. The minimum atomic E-state index is 0.230. The molecule has 0 saturated heterocycles. The molecule has 0 fully saturated rings. The molecule has 1 heterocycles. The fourth-order valence-corrected chi connectivity index (χ4v) is 2.84. The van der Waals surface area contributed by atoms with Gasteiger partial charge in [-0.15, -0.1) is 0 Å². The Bertz CT molecular complexity index is 583. The number of benzene rings is 1. The van der Waals surface area contributed by atoms with Crippen LogP contribution in [0.5, 0.6) is 0 Å². The van der Waals surface area contributed by atoms with Crippen molar-refractivity contribution in [3.63, 3.8) is 0 Å². The first-order chi connectivity index (χ1) is 9.96. The highest BCUT2D eigenvalue weighted by Crippen LogP contribution is 2.31. The van der Waals surface area contributed by atoms with Gasteiger partial charge in [0.05, 0.1) is 17.6 Å². The summed E-state index contributed by atoms with van der Waals surface area (Å²) in [5.74, 6) is 1.36. The number of hydrogen-bond donors (Lipinski definition) is 1. The lowest BCUT2D eigenvalue weighted by Crippen LogP contribution is -2.23. The molecule has 0 spiro atoms. The Labute approximate surface area is 127 Å². The third kappa shape index (κ3) is 3.83. The summed E-state index contributed by atoms with van der Waals surface area (Å²) in [7, 11) is 1.73. The molecule has 1 aromatic carbocycles. The SMILES string of the molecule is COCCn1c(C(CN)CC(C)(C)C)nc2ccccc21. The first kappa shape index (κ1) is 16.0. The number of nitrogens with two attached hydrogens (primary N) is 1. The quantitative estimate of drug-likeness (QED) is 0.888. The summed E-state index contributed by atoms with van der Waals surface area (Å²) < 4.78 is 7.52. The first-order valence-electron chi connectivity index (χ1n) is 7.60. The van der Waals surface area contributed by atoms with Crippen molar-refractivity contribution in [1.82, 2.24) is 9.55 Å². The second kappa shape index (κ2) is 6.58. The van der Waals surface area contributed by atoms with Gasteiger partial charge in [-0.05, 0) is 24.0 Å². The lowest BCUT2D eigenvalue weighted by atomic mass is 9.84. The Hall–Kier alpha value is -1.39. The van der Waals surface area contributed by atoms with Crippen LogP contribution >= 0.6 is 0 Å². The summed E-state index contributed by atoms with van der Waals surface area (Å²) in [4.78, 5) is 4.85. The summed E-state index contributed by atoms with van der Waals surface area (Å²) in [5, 5.41) is 0. The smallest absolute Gasteiger partial charge is 0.114 e. The van der Waals surface area contributed by atoms with Crippen molar-refractivity contribution >= 4 is 11.0 Å². The second-order valence-corrected chi connectivity index (χ2v) is 6.80. The van der Waals surface area contributed by atoms with Gasteiger partial charge in [-0.1, -0.05) is 32.9 Å². The van der Waals surface area contributed by atoms with E-state index in [0.717, 1.165) is 29.8 Å². The van der Waals surface area contributed by atoms with Crippen LogP contribution in [-0.4, -0.2) is 29.8 Å². The minimum Gasteiger partial charge on any atom is -0.383 e. The Balaban J connectivity index is 2.44. The Morgan fingerprint density at radius 2 is 2.00 bits per heavy atom. The highest BCUT2D eigenvalue weighted by Gasteiger charge is 2.24. The van der Waals surface area contributed by atoms with Gasteiger partial charge < -0.3 is 15.0 Å². The van der Waals surface area contributed by atoms with Gasteiger partial charge in [0.25, 0.3) is 0 Å². The molecule has 0 saturated carbocycles. The topological polar surface area (TPSA) is 53.1 Å². The van der Waals surface area contributed by atoms with E-state index in [1.54, 1.807) is 7.11 Å². The molecular formula is C17H27N3O. The monoisotopic (exact) mass is 289 g/mol. The largest absolute Gasteiger partial charge is 0.383 e. The molecule has 116 valence electrons. The summed E-state index contributed by atoms with van der Waals surface area (Å²) in [5.41, 5.74) is 8.48. The molecule has 1 aromatic heterocycles. The highest BCUT2D eigenvalue weighted by molar-refractivity contribution is 5.76. The van der Waals surface area contributed by atoms with Gasteiger partial charge in [0.2, 0.25) is 0 Å². The predicted molar refractivity (Wildman–Crippen MR) is 87.5 cm³/mol. The van der Waals surface area contributed by atoms with E-state index in [2.05, 4.69) is 43.5 Å². The van der Waals surface area contributed by atoms with E-state index in [9.17, 15) is 0 Å². The zero-order chi connectivity index (χ0) is 15.5. The molecule has 2 rings (SSSR count). The number of para-hydroxylation sites is 2. The lowest BCUT2D eigenvalue weighted by Gasteiger charge is -2.25. The average Bonchev–Trinajstić information content (AvgIpc) is 2.80. The molecule has 0 bridgehead atoms. The van der Waals surface area contributed by atoms with Crippen LogP contribution in [0, 0.1) is 5.41 Å². The molecule has 0 radical (unpaired) electrons. The number of aromatic nitrogens is 2. The van der Waals surface area contributed by atoms with Gasteiger partial charge in [0.1, 0.15) is 5.82 Å². The molecular weight excluding hydrogens is 262 g/mol. The average molecular weight is 289 g/mol. The Morgan fingerprint density at radius 1 is 1.29 bits per heavy atom. The van der Waals surface area contributed by atoms with Crippen LogP contribution in [0.2, 0.25) is 0 Å². The molecule has 4 nitrogen and oxygen atoms in total. The van der Waals surface area contributed by atoms with Crippen molar-refractivity contribution in [3.05, 3.63) is 30.1 Å².